The Morgan fingerprint density at radius 1 is 1.20 bits per heavy atom. The van der Waals surface area contributed by atoms with Gasteiger partial charge >= 0.3 is 5.97 Å². The Bertz CT molecular complexity index is 931. The summed E-state index contributed by atoms with van der Waals surface area (Å²) in [4.78, 5) is 13.0. The van der Waals surface area contributed by atoms with Gasteiger partial charge in [0.1, 0.15) is 18.1 Å². The number of aryl methyl sites for hydroxylation is 1. The third-order valence-corrected chi connectivity index (χ3v) is 6.83. The molecule has 0 aromatic heterocycles. The summed E-state index contributed by atoms with van der Waals surface area (Å²) in [7, 11) is 0. The number of rotatable bonds is 6. The van der Waals surface area contributed by atoms with Crippen molar-refractivity contribution in [2.24, 2.45) is 0 Å². The Balaban J connectivity index is 1.41. The van der Waals surface area contributed by atoms with Crippen LogP contribution in [0.2, 0.25) is 10.0 Å². The van der Waals surface area contributed by atoms with Gasteiger partial charge in [0.2, 0.25) is 0 Å². The Morgan fingerprint density at radius 2 is 1.90 bits per heavy atom. The molecule has 0 aliphatic carbocycles. The fraction of sp³-hybridized carbons (Fsp3) is 0.435. The number of nitrogens with zero attached hydrogens (tertiary/aromatic N) is 1. The SMILES string of the molecule is Cc1cc(Cl)c(COc2ccc3c(c2)OCC32CCN(CCC(=O)O)CC2)c(Cl)c1. The van der Waals surface area contributed by atoms with Crippen LogP contribution in [0.15, 0.2) is 30.3 Å². The van der Waals surface area contributed by atoms with E-state index in [-0.39, 0.29) is 11.8 Å². The van der Waals surface area contributed by atoms with Gasteiger partial charge in [-0.25, -0.2) is 0 Å². The molecule has 2 aromatic carbocycles. The van der Waals surface area contributed by atoms with Crippen molar-refractivity contribution in [1.82, 2.24) is 4.90 Å². The lowest BCUT2D eigenvalue weighted by Crippen LogP contribution is -2.44. The molecular weight excluding hydrogens is 425 g/mol. The molecule has 1 N–H and O–H groups in total. The smallest absolute Gasteiger partial charge is 0.304 e. The van der Waals surface area contributed by atoms with Gasteiger partial charge in [-0.3, -0.25) is 4.79 Å². The molecule has 0 saturated carbocycles. The Labute approximate surface area is 186 Å². The van der Waals surface area contributed by atoms with Gasteiger partial charge in [0.05, 0.1) is 13.0 Å². The molecule has 2 heterocycles. The van der Waals surface area contributed by atoms with E-state index in [1.165, 1.54) is 5.56 Å². The summed E-state index contributed by atoms with van der Waals surface area (Å²) in [6.45, 7) is 5.29. The van der Waals surface area contributed by atoms with Gasteiger partial charge in [-0.15, -0.1) is 0 Å². The third kappa shape index (κ3) is 4.39. The van der Waals surface area contributed by atoms with Crippen LogP contribution in [-0.4, -0.2) is 42.2 Å². The van der Waals surface area contributed by atoms with E-state index in [1.54, 1.807) is 0 Å². The van der Waals surface area contributed by atoms with E-state index >= 15 is 0 Å². The minimum Gasteiger partial charge on any atom is -0.492 e. The molecule has 4 rings (SSSR count). The standard InChI is InChI=1S/C23H25Cl2NO4/c1-15-10-19(24)17(20(25)11-15)13-29-16-2-3-18-21(12-16)30-14-23(18)5-8-26(9-6-23)7-4-22(27)28/h2-3,10-12H,4-9,13-14H2,1H3,(H,27,28). The highest BCUT2D eigenvalue weighted by Gasteiger charge is 2.43. The zero-order valence-corrected chi connectivity index (χ0v) is 18.4. The lowest BCUT2D eigenvalue weighted by atomic mass is 9.74. The lowest BCUT2D eigenvalue weighted by Gasteiger charge is -2.38. The van der Waals surface area contributed by atoms with Gasteiger partial charge < -0.3 is 19.5 Å². The van der Waals surface area contributed by atoms with Crippen molar-refractivity contribution in [3.63, 3.8) is 0 Å². The van der Waals surface area contributed by atoms with E-state index in [1.807, 2.05) is 31.2 Å². The molecule has 1 saturated heterocycles. The predicted octanol–water partition coefficient (Wildman–Crippen LogP) is 5.08. The number of carboxylic acids is 1. The molecular formula is C23H25Cl2NO4. The van der Waals surface area contributed by atoms with E-state index < -0.39 is 5.97 Å². The number of halogens is 2. The normalized spacial score (nSPS) is 17.6. The Kier molecular flexibility index (Phi) is 6.14. The number of hydrogen-bond acceptors (Lipinski definition) is 4. The molecule has 160 valence electrons. The number of aliphatic carboxylic acids is 1. The number of likely N-dealkylation sites (tertiary alicyclic amines) is 1. The zero-order chi connectivity index (χ0) is 21.3. The van der Waals surface area contributed by atoms with Crippen LogP contribution in [0, 0.1) is 6.92 Å². The highest BCUT2D eigenvalue weighted by atomic mass is 35.5. The molecule has 30 heavy (non-hydrogen) atoms. The van der Waals surface area contributed by atoms with E-state index in [0.29, 0.717) is 29.8 Å². The molecule has 0 unspecified atom stereocenters. The van der Waals surface area contributed by atoms with Crippen LogP contribution < -0.4 is 9.47 Å². The second-order valence-electron chi connectivity index (χ2n) is 8.21. The van der Waals surface area contributed by atoms with Gasteiger partial charge in [0.15, 0.2) is 0 Å². The van der Waals surface area contributed by atoms with E-state index in [4.69, 9.17) is 37.8 Å². The first kappa shape index (κ1) is 21.3. The second-order valence-corrected chi connectivity index (χ2v) is 9.02. The first-order valence-corrected chi connectivity index (χ1v) is 10.9. The second kappa shape index (κ2) is 8.66. The number of carboxylic acid groups (broad SMARTS) is 1. The predicted molar refractivity (Wildman–Crippen MR) is 117 cm³/mol. The summed E-state index contributed by atoms with van der Waals surface area (Å²) in [6, 6.07) is 9.77. The van der Waals surface area contributed by atoms with Crippen LogP contribution in [-0.2, 0) is 16.8 Å². The average molecular weight is 450 g/mol. The van der Waals surface area contributed by atoms with Crippen molar-refractivity contribution < 1.29 is 19.4 Å². The van der Waals surface area contributed by atoms with Gasteiger partial charge in [-0.2, -0.15) is 0 Å². The highest BCUT2D eigenvalue weighted by Crippen LogP contribution is 2.46. The zero-order valence-electron chi connectivity index (χ0n) is 16.9. The maximum absolute atomic E-state index is 10.8. The first-order valence-electron chi connectivity index (χ1n) is 10.2. The van der Waals surface area contributed by atoms with Crippen LogP contribution in [0.4, 0.5) is 0 Å². The summed E-state index contributed by atoms with van der Waals surface area (Å²) in [5, 5.41) is 10.1. The first-order chi connectivity index (χ1) is 14.4. The van der Waals surface area contributed by atoms with Crippen molar-refractivity contribution in [1.29, 1.82) is 0 Å². The van der Waals surface area contributed by atoms with Crippen molar-refractivity contribution in [2.75, 3.05) is 26.2 Å². The summed E-state index contributed by atoms with van der Waals surface area (Å²) in [5.74, 6) is 0.843. The van der Waals surface area contributed by atoms with Crippen molar-refractivity contribution in [3.05, 3.63) is 57.1 Å². The van der Waals surface area contributed by atoms with Gasteiger partial charge in [0, 0.05) is 39.2 Å². The van der Waals surface area contributed by atoms with Crippen molar-refractivity contribution >= 4 is 29.2 Å². The fourth-order valence-electron chi connectivity index (χ4n) is 4.34. The monoisotopic (exact) mass is 449 g/mol. The van der Waals surface area contributed by atoms with Crippen LogP contribution in [0.1, 0.15) is 36.0 Å². The summed E-state index contributed by atoms with van der Waals surface area (Å²) in [6.07, 6.45) is 2.12. The topological polar surface area (TPSA) is 59.0 Å². The van der Waals surface area contributed by atoms with Gasteiger partial charge in [0.25, 0.3) is 0 Å². The number of ether oxygens (including phenoxy) is 2. The van der Waals surface area contributed by atoms with Crippen molar-refractivity contribution in [2.45, 2.75) is 38.2 Å². The molecule has 1 fully saturated rings. The van der Waals surface area contributed by atoms with Crippen molar-refractivity contribution in [3.8, 4) is 11.5 Å². The van der Waals surface area contributed by atoms with E-state index in [9.17, 15) is 4.79 Å². The van der Waals surface area contributed by atoms with Crippen LogP contribution in [0.5, 0.6) is 11.5 Å². The minimum atomic E-state index is -0.745. The van der Waals surface area contributed by atoms with E-state index in [0.717, 1.165) is 48.6 Å². The molecule has 2 aromatic rings. The molecule has 2 aliphatic heterocycles. The maximum Gasteiger partial charge on any atom is 0.304 e. The van der Waals surface area contributed by atoms with Crippen LogP contribution in [0.3, 0.4) is 0 Å². The number of piperidine rings is 1. The lowest BCUT2D eigenvalue weighted by molar-refractivity contribution is -0.137. The molecule has 1 spiro atoms. The molecule has 0 radical (unpaired) electrons. The van der Waals surface area contributed by atoms with Crippen LogP contribution >= 0.6 is 23.2 Å². The number of benzene rings is 2. The average Bonchev–Trinajstić information content (AvgIpc) is 3.04. The molecule has 0 atom stereocenters. The van der Waals surface area contributed by atoms with Gasteiger partial charge in [-0.05, 0) is 56.6 Å². The minimum absolute atomic E-state index is 0.0111. The third-order valence-electron chi connectivity index (χ3n) is 6.15. The summed E-state index contributed by atoms with van der Waals surface area (Å²) < 4.78 is 12.0. The van der Waals surface area contributed by atoms with E-state index in [2.05, 4.69) is 11.0 Å². The quantitative estimate of drug-likeness (QED) is 0.665. The Morgan fingerprint density at radius 3 is 2.57 bits per heavy atom. The molecule has 2 aliphatic rings. The Hall–Kier alpha value is -1.95. The van der Waals surface area contributed by atoms with Gasteiger partial charge in [-0.1, -0.05) is 29.3 Å². The molecule has 7 heteroatoms. The molecule has 0 bridgehead atoms. The fourth-order valence-corrected chi connectivity index (χ4v) is 5.04. The molecule has 0 amide bonds. The highest BCUT2D eigenvalue weighted by molar-refractivity contribution is 6.36. The number of hydrogen-bond donors (Lipinski definition) is 1. The number of carbonyl (C=O) groups is 1. The largest absolute Gasteiger partial charge is 0.492 e. The maximum atomic E-state index is 10.8. The van der Waals surface area contributed by atoms with Crippen LogP contribution in [0.25, 0.3) is 0 Å². The number of fused-ring (bicyclic) bond motifs is 2. The summed E-state index contributed by atoms with van der Waals surface area (Å²) >= 11 is 12.6. The molecule has 5 nitrogen and oxygen atoms in total. The summed E-state index contributed by atoms with van der Waals surface area (Å²) in [5.41, 5.74) is 3.02.